The Morgan fingerprint density at radius 2 is 2.15 bits per heavy atom. The van der Waals surface area contributed by atoms with Crippen molar-refractivity contribution in [1.82, 2.24) is 0 Å². The van der Waals surface area contributed by atoms with Gasteiger partial charge in [-0.05, 0) is 55.4 Å². The van der Waals surface area contributed by atoms with Crippen LogP contribution in [0.1, 0.15) is 46.6 Å². The molecule has 6 nitrogen and oxygen atoms in total. The van der Waals surface area contributed by atoms with Gasteiger partial charge in [-0.15, -0.1) is 11.3 Å². The van der Waals surface area contributed by atoms with Crippen LogP contribution in [0.25, 0.3) is 0 Å². The molecule has 0 spiro atoms. The Morgan fingerprint density at radius 3 is 2.81 bits per heavy atom. The molecule has 1 aliphatic carbocycles. The minimum Gasteiger partial charge on any atom is -0.462 e. The average Bonchev–Trinajstić information content (AvgIpc) is 2.98. The second-order valence-corrected chi connectivity index (χ2v) is 7.44. The monoisotopic (exact) mass is 372 g/mol. The third-order valence-corrected chi connectivity index (χ3v) is 5.57. The van der Waals surface area contributed by atoms with Crippen molar-refractivity contribution in [2.75, 3.05) is 6.61 Å². The minimum atomic E-state index is -0.436. The van der Waals surface area contributed by atoms with E-state index in [2.05, 4.69) is 11.9 Å². The summed E-state index contributed by atoms with van der Waals surface area (Å²) in [4.78, 5) is 28.5. The molecule has 1 atom stereocenters. The lowest BCUT2D eigenvalue weighted by molar-refractivity contribution is -0.384. The van der Waals surface area contributed by atoms with Gasteiger partial charge in [-0.25, -0.2) is 9.79 Å². The van der Waals surface area contributed by atoms with Gasteiger partial charge in [-0.3, -0.25) is 10.1 Å². The fourth-order valence-electron chi connectivity index (χ4n) is 3.06. The second-order valence-electron chi connectivity index (χ2n) is 6.36. The average molecular weight is 372 g/mol. The number of benzene rings is 1. The molecule has 1 aromatic heterocycles. The van der Waals surface area contributed by atoms with Crippen molar-refractivity contribution in [1.29, 1.82) is 0 Å². The molecule has 0 saturated heterocycles. The first-order chi connectivity index (χ1) is 12.5. The molecule has 1 aromatic carbocycles. The first kappa shape index (κ1) is 18.3. The van der Waals surface area contributed by atoms with Gasteiger partial charge in [-0.1, -0.05) is 6.92 Å². The van der Waals surface area contributed by atoms with E-state index in [1.54, 1.807) is 36.6 Å². The SMILES string of the molecule is CCOC(=O)c1c(N=Cc2ccc([N+](=O)[O-])cc2)sc2c1CC[C@@H](C)C2. The highest BCUT2D eigenvalue weighted by atomic mass is 32.1. The molecule has 0 fully saturated rings. The summed E-state index contributed by atoms with van der Waals surface area (Å²) in [5, 5.41) is 11.4. The molecule has 0 saturated carbocycles. The van der Waals surface area contributed by atoms with Crippen molar-refractivity contribution < 1.29 is 14.5 Å². The standard InChI is InChI=1S/C19H20N2O4S/c1-3-25-19(22)17-15-9-4-12(2)10-16(15)26-18(17)20-11-13-5-7-14(8-6-13)21(23)24/h5-8,11-12H,3-4,9-10H2,1-2H3/t12-/m1/s1. The summed E-state index contributed by atoms with van der Waals surface area (Å²) in [5.74, 6) is 0.276. The first-order valence-electron chi connectivity index (χ1n) is 8.59. The predicted molar refractivity (Wildman–Crippen MR) is 102 cm³/mol. The Labute approximate surface area is 155 Å². The topological polar surface area (TPSA) is 81.8 Å². The molecule has 0 bridgehead atoms. The molecule has 3 rings (SSSR count). The number of rotatable bonds is 5. The van der Waals surface area contributed by atoms with Crippen molar-refractivity contribution in [3.8, 4) is 0 Å². The van der Waals surface area contributed by atoms with Crippen molar-refractivity contribution >= 4 is 34.2 Å². The van der Waals surface area contributed by atoms with Gasteiger partial charge in [0.15, 0.2) is 0 Å². The van der Waals surface area contributed by atoms with Gasteiger partial charge in [0.1, 0.15) is 5.00 Å². The van der Waals surface area contributed by atoms with E-state index in [4.69, 9.17) is 4.74 Å². The van der Waals surface area contributed by atoms with E-state index in [0.29, 0.717) is 23.1 Å². The van der Waals surface area contributed by atoms with E-state index in [-0.39, 0.29) is 11.7 Å². The minimum absolute atomic E-state index is 0.0370. The number of esters is 1. The van der Waals surface area contributed by atoms with Crippen LogP contribution in [-0.4, -0.2) is 23.7 Å². The van der Waals surface area contributed by atoms with E-state index < -0.39 is 4.92 Å². The smallest absolute Gasteiger partial charge is 0.341 e. The van der Waals surface area contributed by atoms with Crippen LogP contribution in [0, 0.1) is 16.0 Å². The maximum Gasteiger partial charge on any atom is 0.341 e. The Morgan fingerprint density at radius 1 is 1.42 bits per heavy atom. The third kappa shape index (κ3) is 3.83. The van der Waals surface area contributed by atoms with Gasteiger partial charge < -0.3 is 4.74 Å². The highest BCUT2D eigenvalue weighted by Crippen LogP contribution is 2.41. The van der Waals surface area contributed by atoms with Crippen LogP contribution in [-0.2, 0) is 17.6 Å². The summed E-state index contributed by atoms with van der Waals surface area (Å²) in [7, 11) is 0. The number of carbonyl (C=O) groups excluding carboxylic acids is 1. The van der Waals surface area contributed by atoms with Gasteiger partial charge in [0, 0.05) is 23.2 Å². The molecule has 0 radical (unpaired) electrons. The molecule has 1 heterocycles. The summed E-state index contributed by atoms with van der Waals surface area (Å²) >= 11 is 1.54. The highest BCUT2D eigenvalue weighted by molar-refractivity contribution is 7.16. The molecular formula is C19H20N2O4S. The molecule has 0 aliphatic heterocycles. The summed E-state index contributed by atoms with van der Waals surface area (Å²) in [6.07, 6.45) is 4.52. The Balaban J connectivity index is 1.93. The number of nitrogens with zero attached hydrogens (tertiary/aromatic N) is 2. The van der Waals surface area contributed by atoms with Crippen molar-refractivity contribution in [2.45, 2.75) is 33.1 Å². The molecule has 26 heavy (non-hydrogen) atoms. The number of nitro groups is 1. The summed E-state index contributed by atoms with van der Waals surface area (Å²) in [5.41, 5.74) is 2.43. The van der Waals surface area contributed by atoms with E-state index in [9.17, 15) is 14.9 Å². The van der Waals surface area contributed by atoms with Gasteiger partial charge in [0.2, 0.25) is 0 Å². The van der Waals surface area contributed by atoms with E-state index >= 15 is 0 Å². The van der Waals surface area contributed by atoms with E-state index in [1.165, 1.54) is 17.0 Å². The fourth-order valence-corrected chi connectivity index (χ4v) is 4.40. The number of hydrogen-bond acceptors (Lipinski definition) is 6. The Hall–Kier alpha value is -2.54. The number of fused-ring (bicyclic) bond motifs is 1. The second kappa shape index (κ2) is 7.78. The summed E-state index contributed by atoms with van der Waals surface area (Å²) in [6, 6.07) is 6.16. The molecule has 0 amide bonds. The van der Waals surface area contributed by atoms with Crippen LogP contribution in [0.15, 0.2) is 29.3 Å². The lowest BCUT2D eigenvalue weighted by atomic mass is 9.88. The van der Waals surface area contributed by atoms with Crippen LogP contribution in [0.5, 0.6) is 0 Å². The van der Waals surface area contributed by atoms with E-state index in [0.717, 1.165) is 30.4 Å². The summed E-state index contributed by atoms with van der Waals surface area (Å²) < 4.78 is 5.23. The number of non-ortho nitro benzene ring substituents is 1. The van der Waals surface area contributed by atoms with Crippen LogP contribution < -0.4 is 0 Å². The number of nitro benzene ring substituents is 1. The third-order valence-electron chi connectivity index (χ3n) is 4.41. The predicted octanol–water partition coefficient (Wildman–Crippen LogP) is 4.71. The molecule has 0 unspecified atom stereocenters. The van der Waals surface area contributed by atoms with Crippen LogP contribution >= 0.6 is 11.3 Å². The maximum absolute atomic E-state index is 12.4. The Kier molecular flexibility index (Phi) is 5.46. The zero-order valence-electron chi connectivity index (χ0n) is 14.7. The number of carbonyl (C=O) groups is 1. The molecular weight excluding hydrogens is 352 g/mol. The molecule has 0 N–H and O–H groups in total. The molecule has 2 aromatic rings. The highest BCUT2D eigenvalue weighted by Gasteiger charge is 2.28. The maximum atomic E-state index is 12.4. The zero-order chi connectivity index (χ0) is 18.7. The number of hydrogen-bond donors (Lipinski definition) is 0. The van der Waals surface area contributed by atoms with Crippen LogP contribution in [0.3, 0.4) is 0 Å². The van der Waals surface area contributed by atoms with Gasteiger partial charge >= 0.3 is 5.97 Å². The van der Waals surface area contributed by atoms with Gasteiger partial charge in [-0.2, -0.15) is 0 Å². The quantitative estimate of drug-likeness (QED) is 0.329. The van der Waals surface area contributed by atoms with Crippen LogP contribution in [0.4, 0.5) is 10.7 Å². The largest absolute Gasteiger partial charge is 0.462 e. The normalized spacial score (nSPS) is 16.5. The lowest BCUT2D eigenvalue weighted by Gasteiger charge is -2.18. The van der Waals surface area contributed by atoms with Gasteiger partial charge in [0.25, 0.3) is 5.69 Å². The molecule has 1 aliphatic rings. The number of ether oxygens (including phenoxy) is 1. The summed E-state index contributed by atoms with van der Waals surface area (Å²) in [6.45, 7) is 4.33. The van der Waals surface area contributed by atoms with Crippen molar-refractivity contribution in [2.24, 2.45) is 10.9 Å². The Bertz CT molecular complexity index is 855. The first-order valence-corrected chi connectivity index (χ1v) is 9.41. The molecule has 7 heteroatoms. The van der Waals surface area contributed by atoms with Crippen LogP contribution in [0.2, 0.25) is 0 Å². The molecule has 136 valence electrons. The van der Waals surface area contributed by atoms with E-state index in [1.807, 2.05) is 0 Å². The lowest BCUT2D eigenvalue weighted by Crippen LogP contribution is -2.13. The van der Waals surface area contributed by atoms with Crippen molar-refractivity contribution in [3.63, 3.8) is 0 Å². The van der Waals surface area contributed by atoms with Gasteiger partial charge in [0.05, 0.1) is 17.1 Å². The fraction of sp³-hybridized carbons (Fsp3) is 0.368. The van der Waals surface area contributed by atoms with Crippen molar-refractivity contribution in [3.05, 3.63) is 55.9 Å². The zero-order valence-corrected chi connectivity index (χ0v) is 15.5. The number of thiophene rings is 1. The number of aliphatic imine (C=N–C) groups is 1.